The van der Waals surface area contributed by atoms with E-state index in [1.54, 1.807) is 24.3 Å². The van der Waals surface area contributed by atoms with E-state index in [4.69, 9.17) is 19.4 Å². The number of carboxylic acid groups (broad SMARTS) is 1. The molecule has 31 heavy (non-hydrogen) atoms. The van der Waals surface area contributed by atoms with E-state index < -0.39 is 5.97 Å². The molecule has 160 valence electrons. The summed E-state index contributed by atoms with van der Waals surface area (Å²) in [5.41, 5.74) is 3.18. The Morgan fingerprint density at radius 2 is 1.58 bits per heavy atom. The molecule has 6 nitrogen and oxygen atoms in total. The summed E-state index contributed by atoms with van der Waals surface area (Å²) in [4.78, 5) is 16.2. The van der Waals surface area contributed by atoms with Crippen LogP contribution in [0.4, 0.5) is 0 Å². The van der Waals surface area contributed by atoms with Crippen molar-refractivity contribution in [3.8, 4) is 11.5 Å². The average molecular weight is 419 g/mol. The molecule has 0 aliphatic carbocycles. The molecule has 0 aromatic heterocycles. The maximum Gasteiger partial charge on any atom is 0.307 e. The number of nitrogens with zero attached hydrogens (tertiary/aromatic N) is 1. The van der Waals surface area contributed by atoms with Gasteiger partial charge in [0.2, 0.25) is 0 Å². The number of hydrogen-bond donors (Lipinski definition) is 1. The summed E-state index contributed by atoms with van der Waals surface area (Å²) in [7, 11) is 0. The Labute approximate surface area is 181 Å². The molecule has 0 amide bonds. The average Bonchev–Trinajstić information content (AvgIpc) is 2.78. The van der Waals surface area contributed by atoms with Crippen molar-refractivity contribution in [2.75, 3.05) is 13.2 Å². The molecule has 3 aromatic carbocycles. The third kappa shape index (κ3) is 7.19. The van der Waals surface area contributed by atoms with Crippen molar-refractivity contribution in [2.24, 2.45) is 5.16 Å². The normalized spacial score (nSPS) is 11.1. The number of ether oxygens (including phenoxy) is 2. The molecule has 0 fully saturated rings. The Hall–Kier alpha value is -3.80. The first-order chi connectivity index (χ1) is 15.1. The molecule has 0 unspecified atom stereocenters. The molecule has 3 aromatic rings. The second kappa shape index (κ2) is 11.4. The summed E-state index contributed by atoms with van der Waals surface area (Å²) < 4.78 is 11.8. The fourth-order valence-corrected chi connectivity index (χ4v) is 2.88. The minimum absolute atomic E-state index is 0.0576. The van der Waals surface area contributed by atoms with Crippen molar-refractivity contribution in [3.05, 3.63) is 95.6 Å². The second-order valence-corrected chi connectivity index (χ2v) is 6.76. The van der Waals surface area contributed by atoms with E-state index in [1.807, 2.05) is 61.5 Å². The van der Waals surface area contributed by atoms with Crippen molar-refractivity contribution in [1.29, 1.82) is 0 Å². The highest BCUT2D eigenvalue weighted by Crippen LogP contribution is 2.18. The molecule has 0 bridgehead atoms. The quantitative estimate of drug-likeness (QED) is 0.360. The highest BCUT2D eigenvalue weighted by Gasteiger charge is 2.09. The number of hydrogen-bond acceptors (Lipinski definition) is 5. The molecule has 0 aliphatic heterocycles. The van der Waals surface area contributed by atoms with Crippen LogP contribution in [-0.4, -0.2) is 30.0 Å². The van der Waals surface area contributed by atoms with Gasteiger partial charge in [0.1, 0.15) is 37.0 Å². The van der Waals surface area contributed by atoms with Crippen molar-refractivity contribution in [2.45, 2.75) is 20.0 Å². The van der Waals surface area contributed by atoms with Gasteiger partial charge in [0, 0.05) is 5.56 Å². The molecule has 1 N–H and O–H groups in total. The number of benzene rings is 3. The van der Waals surface area contributed by atoms with Crippen LogP contribution in [0.15, 0.2) is 84.0 Å². The van der Waals surface area contributed by atoms with E-state index in [0.717, 1.165) is 11.1 Å². The van der Waals surface area contributed by atoms with Crippen molar-refractivity contribution in [1.82, 2.24) is 0 Å². The summed E-state index contributed by atoms with van der Waals surface area (Å²) in [6.45, 7) is 2.92. The van der Waals surface area contributed by atoms with Gasteiger partial charge >= 0.3 is 5.97 Å². The monoisotopic (exact) mass is 419 g/mol. The molecule has 0 aliphatic rings. The van der Waals surface area contributed by atoms with Crippen LogP contribution >= 0.6 is 0 Å². The molecule has 0 atom stereocenters. The van der Waals surface area contributed by atoms with Gasteiger partial charge in [-0.05, 0) is 42.3 Å². The first-order valence-corrected chi connectivity index (χ1v) is 10.0. The first kappa shape index (κ1) is 21.9. The number of carbonyl (C=O) groups is 1. The molecular formula is C25H25NO5. The summed E-state index contributed by atoms with van der Waals surface area (Å²) in [6, 6.07) is 24.6. The molecule has 0 radical (unpaired) electrons. The van der Waals surface area contributed by atoms with E-state index in [0.29, 0.717) is 36.0 Å². The van der Waals surface area contributed by atoms with E-state index in [-0.39, 0.29) is 13.0 Å². The lowest BCUT2D eigenvalue weighted by molar-refractivity contribution is -0.136. The highest BCUT2D eigenvalue weighted by molar-refractivity contribution is 6.01. The first-order valence-electron chi connectivity index (χ1n) is 10.0. The number of rotatable bonds is 11. The SMILES string of the molecule is CCON=C(COc1cccc(CC(=O)O)c1)c1cccc(OCc2ccccc2)c1. The number of aliphatic carboxylic acids is 1. The van der Waals surface area contributed by atoms with Gasteiger partial charge in [0.05, 0.1) is 6.42 Å². The third-order valence-corrected chi connectivity index (χ3v) is 4.35. The lowest BCUT2D eigenvalue weighted by atomic mass is 10.1. The Morgan fingerprint density at radius 3 is 2.32 bits per heavy atom. The molecule has 3 rings (SSSR count). The zero-order valence-corrected chi connectivity index (χ0v) is 17.4. The van der Waals surface area contributed by atoms with Gasteiger partial charge in [-0.25, -0.2) is 0 Å². The molecule has 0 heterocycles. The maximum absolute atomic E-state index is 10.9. The van der Waals surface area contributed by atoms with Gasteiger partial charge in [-0.15, -0.1) is 0 Å². The van der Waals surface area contributed by atoms with Gasteiger partial charge in [-0.1, -0.05) is 59.8 Å². The fourth-order valence-electron chi connectivity index (χ4n) is 2.88. The van der Waals surface area contributed by atoms with Crippen LogP contribution in [0.3, 0.4) is 0 Å². The predicted octanol–water partition coefficient (Wildman–Crippen LogP) is 4.71. The van der Waals surface area contributed by atoms with E-state index >= 15 is 0 Å². The molecule has 6 heteroatoms. The Bertz CT molecular complexity index is 1020. The highest BCUT2D eigenvalue weighted by atomic mass is 16.6. The van der Waals surface area contributed by atoms with E-state index in [2.05, 4.69) is 5.16 Å². The largest absolute Gasteiger partial charge is 0.489 e. The van der Waals surface area contributed by atoms with E-state index in [1.165, 1.54) is 0 Å². The third-order valence-electron chi connectivity index (χ3n) is 4.35. The lowest BCUT2D eigenvalue weighted by Gasteiger charge is -2.12. The zero-order valence-electron chi connectivity index (χ0n) is 17.4. The van der Waals surface area contributed by atoms with Gasteiger partial charge in [0.15, 0.2) is 0 Å². The van der Waals surface area contributed by atoms with Crippen LogP contribution in [0.2, 0.25) is 0 Å². The molecule has 0 saturated carbocycles. The molecular weight excluding hydrogens is 394 g/mol. The summed E-state index contributed by atoms with van der Waals surface area (Å²) in [5.74, 6) is 0.400. The van der Waals surface area contributed by atoms with Crippen molar-refractivity contribution in [3.63, 3.8) is 0 Å². The van der Waals surface area contributed by atoms with Gasteiger partial charge in [-0.3, -0.25) is 4.79 Å². The number of oxime groups is 1. The second-order valence-electron chi connectivity index (χ2n) is 6.76. The lowest BCUT2D eigenvalue weighted by Crippen LogP contribution is -2.14. The Balaban J connectivity index is 1.70. The zero-order chi connectivity index (χ0) is 21.9. The van der Waals surface area contributed by atoms with Crippen molar-refractivity contribution >= 4 is 11.7 Å². The Kier molecular flexibility index (Phi) is 8.05. The van der Waals surface area contributed by atoms with Crippen LogP contribution in [0.5, 0.6) is 11.5 Å². The molecule has 0 spiro atoms. The topological polar surface area (TPSA) is 77.4 Å². The maximum atomic E-state index is 10.9. The minimum atomic E-state index is -0.886. The standard InChI is InChI=1S/C25H25NO5/c1-2-31-26-24(18-30-22-12-6-10-20(14-22)15-25(27)28)21-11-7-13-23(16-21)29-17-19-8-4-3-5-9-19/h3-14,16H,2,15,17-18H2,1H3,(H,27,28). The van der Waals surface area contributed by atoms with Gasteiger partial charge in [-0.2, -0.15) is 0 Å². The van der Waals surface area contributed by atoms with E-state index in [9.17, 15) is 4.79 Å². The summed E-state index contributed by atoms with van der Waals surface area (Å²) >= 11 is 0. The summed E-state index contributed by atoms with van der Waals surface area (Å²) in [6.07, 6.45) is -0.0576. The van der Waals surface area contributed by atoms with Crippen LogP contribution in [0, 0.1) is 0 Å². The van der Waals surface area contributed by atoms with Crippen molar-refractivity contribution < 1.29 is 24.2 Å². The number of carboxylic acids is 1. The van der Waals surface area contributed by atoms with Crippen LogP contribution in [-0.2, 0) is 22.7 Å². The van der Waals surface area contributed by atoms with Crippen LogP contribution in [0.1, 0.15) is 23.6 Å². The smallest absolute Gasteiger partial charge is 0.307 e. The van der Waals surface area contributed by atoms with Gasteiger partial charge < -0.3 is 19.4 Å². The predicted molar refractivity (Wildman–Crippen MR) is 119 cm³/mol. The fraction of sp³-hybridized carbons (Fsp3) is 0.200. The van der Waals surface area contributed by atoms with Gasteiger partial charge in [0.25, 0.3) is 0 Å². The Morgan fingerprint density at radius 1 is 0.871 bits per heavy atom. The summed E-state index contributed by atoms with van der Waals surface area (Å²) in [5, 5.41) is 13.2. The van der Waals surface area contributed by atoms with Crippen LogP contribution < -0.4 is 9.47 Å². The van der Waals surface area contributed by atoms with Crippen LogP contribution in [0.25, 0.3) is 0 Å². The molecule has 0 saturated heterocycles. The minimum Gasteiger partial charge on any atom is -0.489 e.